The smallest absolute Gasteiger partial charge is 0.389 e. The van der Waals surface area contributed by atoms with Gasteiger partial charge in [0.25, 0.3) is 0 Å². The molecule has 0 amide bonds. The van der Waals surface area contributed by atoms with Gasteiger partial charge in [-0.25, -0.2) is 15.0 Å². The molecule has 2 aromatic heterocycles. The Balaban J connectivity index is 1.93. The van der Waals surface area contributed by atoms with Crippen molar-refractivity contribution < 1.29 is 33.2 Å². The van der Waals surface area contributed by atoms with Gasteiger partial charge in [0.15, 0.2) is 28.4 Å². The molecule has 1 aliphatic heterocycles. The number of rotatable bonds is 9. The van der Waals surface area contributed by atoms with E-state index in [2.05, 4.69) is 20.3 Å². The van der Waals surface area contributed by atoms with Crippen molar-refractivity contribution in [2.24, 2.45) is 0 Å². The van der Waals surface area contributed by atoms with Crippen LogP contribution in [0.2, 0.25) is 0 Å². The van der Waals surface area contributed by atoms with Crippen molar-refractivity contribution in [3.8, 4) is 0 Å². The number of thioether (sulfide) groups is 2. The molecule has 4 N–H and O–H groups in total. The van der Waals surface area contributed by atoms with Crippen LogP contribution in [0.3, 0.4) is 0 Å². The van der Waals surface area contributed by atoms with Crippen molar-refractivity contribution >= 4 is 40.5 Å². The number of aromatic nitrogens is 4. The highest BCUT2D eigenvalue weighted by Gasteiger charge is 2.44. The molecule has 1 saturated heterocycles. The second-order valence-corrected chi connectivity index (χ2v) is 8.59. The van der Waals surface area contributed by atoms with Gasteiger partial charge in [0, 0.05) is 18.1 Å². The average molecular weight is 470 g/mol. The zero-order valence-corrected chi connectivity index (χ0v) is 17.5. The molecule has 168 valence electrons. The number of halogens is 3. The summed E-state index contributed by atoms with van der Waals surface area (Å²) in [7, 11) is 0. The molecule has 4 atom stereocenters. The first-order chi connectivity index (χ1) is 14.2. The fourth-order valence-electron chi connectivity index (χ4n) is 2.91. The first kappa shape index (κ1) is 23.3. The van der Waals surface area contributed by atoms with Crippen LogP contribution in [-0.2, 0) is 4.74 Å². The van der Waals surface area contributed by atoms with E-state index in [0.717, 1.165) is 17.5 Å². The Bertz CT molecular complexity index is 856. The van der Waals surface area contributed by atoms with E-state index in [1.807, 2.05) is 6.26 Å². The van der Waals surface area contributed by atoms with E-state index in [1.54, 1.807) is 11.8 Å². The van der Waals surface area contributed by atoms with Gasteiger partial charge in [-0.05, 0) is 6.26 Å². The number of imidazole rings is 1. The van der Waals surface area contributed by atoms with E-state index >= 15 is 0 Å². The van der Waals surface area contributed by atoms with E-state index in [0.29, 0.717) is 17.9 Å². The van der Waals surface area contributed by atoms with Gasteiger partial charge in [-0.1, -0.05) is 11.8 Å². The van der Waals surface area contributed by atoms with E-state index < -0.39 is 43.7 Å². The number of nitrogens with zero attached hydrogens (tertiary/aromatic N) is 4. The molecule has 1 fully saturated rings. The Morgan fingerprint density at radius 2 is 2.00 bits per heavy atom. The van der Waals surface area contributed by atoms with Crippen molar-refractivity contribution in [3.05, 3.63) is 6.33 Å². The van der Waals surface area contributed by atoms with Gasteiger partial charge in [0.2, 0.25) is 0 Å². The molecule has 3 rings (SSSR count). The minimum Gasteiger partial charge on any atom is -0.394 e. The molecule has 1 aliphatic rings. The number of anilines is 1. The Morgan fingerprint density at radius 1 is 1.23 bits per heavy atom. The summed E-state index contributed by atoms with van der Waals surface area (Å²) in [6.07, 6.45) is -6.68. The number of hydrogen-bond donors (Lipinski definition) is 4. The summed E-state index contributed by atoms with van der Waals surface area (Å²) >= 11 is 2.46. The summed E-state index contributed by atoms with van der Waals surface area (Å²) in [5.41, 5.74) is 0.593. The lowest BCUT2D eigenvalue weighted by Crippen LogP contribution is -2.33. The van der Waals surface area contributed by atoms with Crippen LogP contribution < -0.4 is 5.32 Å². The third-order valence-corrected chi connectivity index (χ3v) is 5.87. The van der Waals surface area contributed by atoms with Crippen molar-refractivity contribution in [3.63, 3.8) is 0 Å². The maximum Gasteiger partial charge on any atom is 0.389 e. The molecule has 0 bridgehead atoms. The molecule has 14 heteroatoms. The third-order valence-electron chi connectivity index (χ3n) is 4.41. The van der Waals surface area contributed by atoms with Gasteiger partial charge in [-0.15, -0.1) is 0 Å². The minimum absolute atomic E-state index is 0.117. The molecule has 0 saturated carbocycles. The van der Waals surface area contributed by atoms with Gasteiger partial charge < -0.3 is 25.4 Å². The van der Waals surface area contributed by atoms with Gasteiger partial charge >= 0.3 is 6.18 Å². The van der Waals surface area contributed by atoms with Crippen LogP contribution in [0.25, 0.3) is 11.2 Å². The van der Waals surface area contributed by atoms with Crippen molar-refractivity contribution in [2.75, 3.05) is 36.2 Å². The lowest BCUT2D eigenvalue weighted by atomic mass is 10.1. The number of ether oxygens (including phenoxy) is 1. The Morgan fingerprint density at radius 3 is 2.63 bits per heavy atom. The predicted molar refractivity (Wildman–Crippen MR) is 107 cm³/mol. The van der Waals surface area contributed by atoms with Crippen LogP contribution in [-0.4, -0.2) is 90.2 Å². The molecule has 0 radical (unpaired) electrons. The first-order valence-electron chi connectivity index (χ1n) is 9.04. The zero-order valence-electron chi connectivity index (χ0n) is 15.9. The van der Waals surface area contributed by atoms with Crippen LogP contribution in [0.1, 0.15) is 12.6 Å². The molecule has 0 spiro atoms. The number of aliphatic hydroxyl groups excluding tert-OH is 3. The third kappa shape index (κ3) is 5.29. The molecular formula is C16H22F3N5O4S2. The van der Waals surface area contributed by atoms with Gasteiger partial charge in [0.05, 0.1) is 19.4 Å². The predicted octanol–water partition coefficient (Wildman–Crippen LogP) is 1.26. The Hall–Kier alpha value is -1.32. The van der Waals surface area contributed by atoms with E-state index in [4.69, 9.17) is 4.74 Å². The zero-order chi connectivity index (χ0) is 21.9. The van der Waals surface area contributed by atoms with Crippen LogP contribution in [0.5, 0.6) is 0 Å². The maximum absolute atomic E-state index is 12.5. The number of nitrogens with one attached hydrogen (secondary N) is 1. The second kappa shape index (κ2) is 9.87. The van der Waals surface area contributed by atoms with Crippen molar-refractivity contribution in [1.29, 1.82) is 0 Å². The lowest BCUT2D eigenvalue weighted by molar-refractivity contribution is -0.129. The van der Waals surface area contributed by atoms with Crippen LogP contribution in [0.15, 0.2) is 11.5 Å². The summed E-state index contributed by atoms with van der Waals surface area (Å²) < 4.78 is 44.4. The summed E-state index contributed by atoms with van der Waals surface area (Å²) in [4.78, 5) is 12.9. The summed E-state index contributed by atoms with van der Waals surface area (Å²) in [6.45, 7) is 0.0665. The molecular weight excluding hydrogens is 447 g/mol. The van der Waals surface area contributed by atoms with Gasteiger partial charge in [-0.3, -0.25) is 4.57 Å². The van der Waals surface area contributed by atoms with Crippen LogP contribution in [0.4, 0.5) is 19.0 Å². The fourth-order valence-corrected chi connectivity index (χ4v) is 4.04. The largest absolute Gasteiger partial charge is 0.394 e. The van der Waals surface area contributed by atoms with Gasteiger partial charge in [-0.2, -0.15) is 24.9 Å². The molecule has 3 heterocycles. The number of hydrogen-bond acceptors (Lipinski definition) is 10. The van der Waals surface area contributed by atoms with Crippen molar-refractivity contribution in [2.45, 2.75) is 42.3 Å². The molecule has 0 aliphatic carbocycles. The normalized spacial score (nSPS) is 24.6. The number of alkyl halides is 3. The lowest BCUT2D eigenvalue weighted by Gasteiger charge is -2.17. The highest BCUT2D eigenvalue weighted by Crippen LogP contribution is 2.33. The Kier molecular flexibility index (Phi) is 7.68. The monoisotopic (exact) mass is 469 g/mol. The Labute approximate surface area is 178 Å². The average Bonchev–Trinajstić information content (AvgIpc) is 3.22. The van der Waals surface area contributed by atoms with E-state index in [9.17, 15) is 28.5 Å². The molecule has 9 nitrogen and oxygen atoms in total. The fraction of sp³-hybridized carbons (Fsp3) is 0.688. The van der Waals surface area contributed by atoms with Gasteiger partial charge in [0.1, 0.15) is 18.3 Å². The topological polar surface area (TPSA) is 126 Å². The maximum atomic E-state index is 12.5. The standard InChI is InChI=1S/C16H22F3N5O4S2/c1-29-5-3-20-12-9-13(23-15(22-12)30-4-2-16(17,18)19)24(7-21-9)14-11(27)10(26)8(6-25)28-14/h7-8,10-11,14,25-27H,2-6H2,1H3,(H,20,22,23)/t8-,10+,11+,14+/m1/s1. The number of fused-ring (bicyclic) bond motifs is 1. The molecule has 30 heavy (non-hydrogen) atoms. The van der Waals surface area contributed by atoms with Crippen molar-refractivity contribution in [1.82, 2.24) is 19.5 Å². The second-order valence-electron chi connectivity index (χ2n) is 6.54. The summed E-state index contributed by atoms with van der Waals surface area (Å²) in [5, 5.41) is 32.8. The van der Waals surface area contributed by atoms with E-state index in [1.165, 1.54) is 10.9 Å². The SMILES string of the molecule is CSCCNc1nc(SCCC(F)(F)F)nc2c1ncn2[C@H]1O[C@H](CO)[C@H](O)[C@@H]1O. The molecule has 0 aromatic carbocycles. The van der Waals surface area contributed by atoms with Crippen LogP contribution in [0, 0.1) is 0 Å². The quantitative estimate of drug-likeness (QED) is 0.242. The first-order valence-corrected chi connectivity index (χ1v) is 11.4. The van der Waals surface area contributed by atoms with E-state index in [-0.39, 0.29) is 16.6 Å². The minimum atomic E-state index is -4.28. The molecule has 2 aromatic rings. The summed E-state index contributed by atoms with van der Waals surface area (Å²) in [6, 6.07) is 0. The number of aliphatic hydroxyl groups is 3. The highest BCUT2D eigenvalue weighted by atomic mass is 32.2. The molecule has 0 unspecified atom stereocenters. The highest BCUT2D eigenvalue weighted by molar-refractivity contribution is 7.99. The van der Waals surface area contributed by atoms with Crippen LogP contribution >= 0.6 is 23.5 Å². The summed E-state index contributed by atoms with van der Waals surface area (Å²) in [5.74, 6) is 0.882.